The van der Waals surface area contributed by atoms with Crippen molar-refractivity contribution in [2.24, 2.45) is 5.84 Å². The number of nitrogens with one attached hydrogen (secondary N) is 1. The molecule has 1 atom stereocenters. The molecule has 0 amide bonds. The van der Waals surface area contributed by atoms with E-state index in [4.69, 9.17) is 10.3 Å². The van der Waals surface area contributed by atoms with Gasteiger partial charge in [0.15, 0.2) is 0 Å². The largest absolute Gasteiger partial charge is 0.469 e. The van der Waals surface area contributed by atoms with Gasteiger partial charge < -0.3 is 4.42 Å². The standard InChI is InChI=1S/C11H12FN3O/c1-7-2-9(6-16-7)11(15-13)8-3-10(12)5-14-4-8/h2-6,11,15H,13H2,1H3. The van der Waals surface area contributed by atoms with Gasteiger partial charge in [-0.15, -0.1) is 0 Å². The second kappa shape index (κ2) is 4.42. The van der Waals surface area contributed by atoms with Crippen molar-refractivity contribution in [1.29, 1.82) is 0 Å². The van der Waals surface area contributed by atoms with Crippen LogP contribution in [0.5, 0.6) is 0 Å². The Morgan fingerprint density at radius 1 is 1.38 bits per heavy atom. The van der Waals surface area contributed by atoms with Crippen molar-refractivity contribution < 1.29 is 8.81 Å². The van der Waals surface area contributed by atoms with Crippen LogP contribution in [0.15, 0.2) is 35.2 Å². The van der Waals surface area contributed by atoms with Crippen molar-refractivity contribution in [3.05, 3.63) is 53.5 Å². The van der Waals surface area contributed by atoms with Crippen LogP contribution in [0, 0.1) is 12.7 Å². The normalized spacial score (nSPS) is 12.7. The third kappa shape index (κ3) is 2.10. The zero-order valence-electron chi connectivity index (χ0n) is 8.77. The Balaban J connectivity index is 2.36. The molecule has 2 heterocycles. The van der Waals surface area contributed by atoms with E-state index in [-0.39, 0.29) is 6.04 Å². The number of aryl methyl sites for hydroxylation is 1. The highest BCUT2D eigenvalue weighted by Crippen LogP contribution is 2.22. The summed E-state index contributed by atoms with van der Waals surface area (Å²) in [5.74, 6) is 5.84. The quantitative estimate of drug-likeness (QED) is 0.611. The third-order valence-electron chi connectivity index (χ3n) is 2.31. The lowest BCUT2D eigenvalue weighted by molar-refractivity contribution is 0.525. The molecule has 0 aliphatic rings. The molecule has 2 rings (SSSR count). The topological polar surface area (TPSA) is 64.1 Å². The van der Waals surface area contributed by atoms with E-state index in [9.17, 15) is 4.39 Å². The van der Waals surface area contributed by atoms with Gasteiger partial charge in [0.1, 0.15) is 11.6 Å². The molecule has 0 spiro atoms. The van der Waals surface area contributed by atoms with Crippen LogP contribution >= 0.6 is 0 Å². The van der Waals surface area contributed by atoms with Gasteiger partial charge >= 0.3 is 0 Å². The number of pyridine rings is 1. The highest BCUT2D eigenvalue weighted by atomic mass is 19.1. The molecule has 0 aliphatic carbocycles. The summed E-state index contributed by atoms with van der Waals surface area (Å²) in [6.45, 7) is 1.83. The number of furan rings is 1. The summed E-state index contributed by atoms with van der Waals surface area (Å²) < 4.78 is 18.2. The molecule has 16 heavy (non-hydrogen) atoms. The average molecular weight is 221 g/mol. The van der Waals surface area contributed by atoms with E-state index in [1.54, 1.807) is 12.5 Å². The molecule has 84 valence electrons. The zero-order chi connectivity index (χ0) is 11.5. The molecule has 0 fully saturated rings. The van der Waals surface area contributed by atoms with Crippen molar-refractivity contribution in [3.8, 4) is 0 Å². The van der Waals surface area contributed by atoms with E-state index >= 15 is 0 Å². The zero-order valence-corrected chi connectivity index (χ0v) is 8.77. The molecule has 2 aromatic rings. The lowest BCUT2D eigenvalue weighted by Crippen LogP contribution is -2.28. The number of aromatic nitrogens is 1. The molecule has 0 radical (unpaired) electrons. The van der Waals surface area contributed by atoms with Gasteiger partial charge in [-0.3, -0.25) is 10.8 Å². The van der Waals surface area contributed by atoms with Gasteiger partial charge in [-0.25, -0.2) is 9.82 Å². The number of hydrogen-bond donors (Lipinski definition) is 2. The Bertz CT molecular complexity index is 484. The molecule has 2 aromatic heterocycles. The fraction of sp³-hybridized carbons (Fsp3) is 0.182. The molecule has 0 saturated heterocycles. The molecule has 0 aliphatic heterocycles. The second-order valence-corrected chi connectivity index (χ2v) is 3.53. The fourth-order valence-electron chi connectivity index (χ4n) is 1.59. The van der Waals surface area contributed by atoms with Crippen molar-refractivity contribution in [2.75, 3.05) is 0 Å². The minimum Gasteiger partial charge on any atom is -0.469 e. The lowest BCUT2D eigenvalue weighted by Gasteiger charge is -2.13. The number of halogens is 1. The van der Waals surface area contributed by atoms with Crippen molar-refractivity contribution >= 4 is 0 Å². The lowest BCUT2D eigenvalue weighted by atomic mass is 10.0. The Morgan fingerprint density at radius 2 is 2.19 bits per heavy atom. The van der Waals surface area contributed by atoms with Crippen LogP contribution in [-0.2, 0) is 0 Å². The monoisotopic (exact) mass is 221 g/mol. The first-order valence-corrected chi connectivity index (χ1v) is 4.82. The van der Waals surface area contributed by atoms with Gasteiger partial charge in [-0.1, -0.05) is 0 Å². The minimum absolute atomic E-state index is 0.319. The van der Waals surface area contributed by atoms with Crippen molar-refractivity contribution in [3.63, 3.8) is 0 Å². The Hall–Kier alpha value is -1.72. The van der Waals surface area contributed by atoms with Gasteiger partial charge in [-0.05, 0) is 24.6 Å². The van der Waals surface area contributed by atoms with E-state index < -0.39 is 5.82 Å². The van der Waals surface area contributed by atoms with Crippen LogP contribution in [0.25, 0.3) is 0 Å². The van der Waals surface area contributed by atoms with E-state index in [0.717, 1.165) is 17.5 Å². The van der Waals surface area contributed by atoms with E-state index in [1.165, 1.54) is 6.07 Å². The van der Waals surface area contributed by atoms with Crippen molar-refractivity contribution in [2.45, 2.75) is 13.0 Å². The molecule has 1 unspecified atom stereocenters. The van der Waals surface area contributed by atoms with Gasteiger partial charge in [0, 0.05) is 11.8 Å². The smallest absolute Gasteiger partial charge is 0.141 e. The van der Waals surface area contributed by atoms with Crippen LogP contribution in [-0.4, -0.2) is 4.98 Å². The Kier molecular flexibility index (Phi) is 2.98. The molecule has 5 heteroatoms. The highest BCUT2D eigenvalue weighted by Gasteiger charge is 2.15. The Labute approximate surface area is 92.3 Å². The number of nitrogens with two attached hydrogens (primary N) is 1. The predicted molar refractivity (Wildman–Crippen MR) is 56.8 cm³/mol. The number of hydrogen-bond acceptors (Lipinski definition) is 4. The second-order valence-electron chi connectivity index (χ2n) is 3.53. The van der Waals surface area contributed by atoms with Crippen LogP contribution in [0.2, 0.25) is 0 Å². The van der Waals surface area contributed by atoms with Crippen LogP contribution in [0.4, 0.5) is 4.39 Å². The number of rotatable bonds is 3. The SMILES string of the molecule is Cc1cc(C(NN)c2cncc(F)c2)co1. The molecule has 0 saturated carbocycles. The maximum Gasteiger partial charge on any atom is 0.141 e. The summed E-state index contributed by atoms with van der Waals surface area (Å²) in [6.07, 6.45) is 4.30. The van der Waals surface area contributed by atoms with Gasteiger partial charge in [0.25, 0.3) is 0 Å². The van der Waals surface area contributed by atoms with Gasteiger partial charge in [0.05, 0.1) is 18.5 Å². The molecule has 3 N–H and O–H groups in total. The van der Waals surface area contributed by atoms with Gasteiger partial charge in [0.2, 0.25) is 0 Å². The molecular weight excluding hydrogens is 209 g/mol. The summed E-state index contributed by atoms with van der Waals surface area (Å²) in [5, 5.41) is 0. The van der Waals surface area contributed by atoms with Crippen LogP contribution in [0.3, 0.4) is 0 Å². The van der Waals surface area contributed by atoms with Gasteiger partial charge in [-0.2, -0.15) is 0 Å². The first-order chi connectivity index (χ1) is 7.70. The first kappa shape index (κ1) is 10.8. The molecule has 4 nitrogen and oxygen atoms in total. The van der Waals surface area contributed by atoms with Crippen molar-refractivity contribution in [1.82, 2.24) is 10.4 Å². The minimum atomic E-state index is -0.391. The maximum atomic E-state index is 13.0. The summed E-state index contributed by atoms with van der Waals surface area (Å²) in [5.41, 5.74) is 4.10. The van der Waals surface area contributed by atoms with E-state index in [2.05, 4.69) is 10.4 Å². The predicted octanol–water partition coefficient (Wildman–Crippen LogP) is 1.67. The maximum absolute atomic E-state index is 13.0. The summed E-state index contributed by atoms with van der Waals surface area (Å²) in [6, 6.07) is 2.91. The van der Waals surface area contributed by atoms with Crippen LogP contribution < -0.4 is 11.3 Å². The molecule has 0 bridgehead atoms. The number of nitrogens with zero attached hydrogens (tertiary/aromatic N) is 1. The molecule has 0 aromatic carbocycles. The molecular formula is C11H12FN3O. The summed E-state index contributed by atoms with van der Waals surface area (Å²) in [7, 11) is 0. The summed E-state index contributed by atoms with van der Waals surface area (Å²) >= 11 is 0. The third-order valence-corrected chi connectivity index (χ3v) is 2.31. The summed E-state index contributed by atoms with van der Waals surface area (Å²) in [4.78, 5) is 3.78. The fourth-order valence-corrected chi connectivity index (χ4v) is 1.59. The van der Waals surface area contributed by atoms with E-state index in [1.807, 2.05) is 13.0 Å². The highest BCUT2D eigenvalue weighted by molar-refractivity contribution is 5.28. The van der Waals surface area contributed by atoms with E-state index in [0.29, 0.717) is 5.56 Å². The Morgan fingerprint density at radius 3 is 2.75 bits per heavy atom. The van der Waals surface area contributed by atoms with Crippen LogP contribution in [0.1, 0.15) is 22.9 Å². The first-order valence-electron chi connectivity index (χ1n) is 4.82. The number of hydrazine groups is 1. The average Bonchev–Trinajstić information content (AvgIpc) is 2.66.